The van der Waals surface area contributed by atoms with Crippen LogP contribution in [0, 0.1) is 23.7 Å². The minimum absolute atomic E-state index is 0.0817. The summed E-state index contributed by atoms with van der Waals surface area (Å²) in [5.74, 6) is -7.13. The molecular weight excluding hydrogens is 883 g/mol. The number of benzene rings is 2. The Morgan fingerprint density at radius 1 is 0.420 bits per heavy atom. The third-order valence-corrected chi connectivity index (χ3v) is 12.3. The third kappa shape index (κ3) is 16.7. The summed E-state index contributed by atoms with van der Waals surface area (Å²) in [6.07, 6.45) is -5.57. The maximum atomic E-state index is 14.7. The molecule has 17 heteroatoms. The normalized spacial score (nSPS) is 25.0. The maximum Gasteiger partial charge on any atom is 0.329 e. The first-order valence-electron chi connectivity index (χ1n) is 24.2. The molecule has 1 aliphatic rings. The fourth-order valence-corrected chi connectivity index (χ4v) is 8.25. The largest absolute Gasteiger partial charge is 0.451 e. The summed E-state index contributed by atoms with van der Waals surface area (Å²) in [6.45, 7) is 17.6. The lowest BCUT2D eigenvalue weighted by molar-refractivity contribution is -0.176. The molecule has 16 nitrogen and oxygen atoms in total. The van der Waals surface area contributed by atoms with Crippen LogP contribution in [0.5, 0.6) is 0 Å². The molecule has 0 saturated carbocycles. The average molecular weight is 961 g/mol. The summed E-state index contributed by atoms with van der Waals surface area (Å²) < 4.78 is 23.8. The number of ether oxygens (including phenoxy) is 4. The Kier molecular flexibility index (Phi) is 21.9. The van der Waals surface area contributed by atoms with Gasteiger partial charge in [0.2, 0.25) is 0 Å². The molecule has 0 N–H and O–H groups in total. The predicted molar refractivity (Wildman–Crippen MR) is 263 cm³/mol. The van der Waals surface area contributed by atoms with E-state index in [1.54, 1.807) is 42.5 Å². The standard InChI is InChI=1S/C52H77BN4O12/c1-30(2)24-39-49(62)66-35(10)46(59)55(12)42(27-33(7)8)52(65)69-44(29-37-20-22-38(53)23-21-37)48(61)57(14)40(25-31(3)4)50(63)67-34(9)45(58)54(11)41(26-32(5)6)51(64)68-43(47(60)56(39)13)28-36-18-16-15-17-19-36/h15-23,30-35,39-44H,24-29,53H2,1-14H3/t34-,35-,39+,40+,41+,42+,43-,44-/m1/s1. The Hall–Kier alpha value is -5.74. The number of likely N-dealkylation sites (N-methyl/N-ethyl adjacent to an activating group) is 4. The molecule has 8 atom stereocenters. The monoisotopic (exact) mass is 961 g/mol. The van der Waals surface area contributed by atoms with Gasteiger partial charge in [-0.2, -0.15) is 0 Å². The summed E-state index contributed by atoms with van der Waals surface area (Å²) in [5, 5.41) is 0. The van der Waals surface area contributed by atoms with Crippen LogP contribution in [0.3, 0.4) is 0 Å². The van der Waals surface area contributed by atoms with Crippen LogP contribution in [-0.2, 0) is 70.1 Å². The number of rotatable bonds is 12. The fraction of sp³-hybridized carbons (Fsp3) is 0.615. The van der Waals surface area contributed by atoms with E-state index in [9.17, 15) is 38.4 Å². The van der Waals surface area contributed by atoms with E-state index in [0.717, 1.165) is 25.1 Å². The first-order valence-corrected chi connectivity index (χ1v) is 24.2. The Bertz CT molecular complexity index is 2060. The number of hydrogen-bond acceptors (Lipinski definition) is 12. The molecule has 2 aromatic carbocycles. The van der Waals surface area contributed by atoms with E-state index < -0.39 is 96.1 Å². The van der Waals surface area contributed by atoms with Crippen molar-refractivity contribution in [3.63, 3.8) is 0 Å². The fourth-order valence-electron chi connectivity index (χ4n) is 8.25. The smallest absolute Gasteiger partial charge is 0.329 e. The molecule has 0 spiro atoms. The van der Waals surface area contributed by atoms with E-state index in [-0.39, 0.29) is 62.2 Å². The molecule has 0 aliphatic carbocycles. The maximum absolute atomic E-state index is 14.7. The van der Waals surface area contributed by atoms with Crippen LogP contribution in [0.4, 0.5) is 0 Å². The number of carbonyl (C=O) groups is 8. The van der Waals surface area contributed by atoms with Gasteiger partial charge in [0.15, 0.2) is 24.4 Å². The van der Waals surface area contributed by atoms with E-state index >= 15 is 0 Å². The van der Waals surface area contributed by atoms with Crippen LogP contribution in [0.15, 0.2) is 54.6 Å². The Morgan fingerprint density at radius 3 is 1.00 bits per heavy atom. The summed E-state index contributed by atoms with van der Waals surface area (Å²) >= 11 is 0. The van der Waals surface area contributed by atoms with Crippen LogP contribution in [0.2, 0.25) is 0 Å². The van der Waals surface area contributed by atoms with Gasteiger partial charge in [0, 0.05) is 41.0 Å². The molecule has 380 valence electrons. The minimum Gasteiger partial charge on any atom is -0.451 e. The van der Waals surface area contributed by atoms with E-state index in [1.165, 1.54) is 42.0 Å². The third-order valence-electron chi connectivity index (χ3n) is 12.3. The number of amides is 4. The van der Waals surface area contributed by atoms with Crippen molar-refractivity contribution in [2.75, 3.05) is 28.2 Å². The first-order chi connectivity index (χ1) is 32.2. The molecule has 3 rings (SSSR count). The van der Waals surface area contributed by atoms with Crippen molar-refractivity contribution in [1.82, 2.24) is 19.6 Å². The van der Waals surface area contributed by atoms with Gasteiger partial charge >= 0.3 is 23.9 Å². The second-order valence-electron chi connectivity index (χ2n) is 20.3. The lowest BCUT2D eigenvalue weighted by Crippen LogP contribution is -2.55. The highest BCUT2D eigenvalue weighted by atomic mass is 16.6. The topological polar surface area (TPSA) is 186 Å². The zero-order chi connectivity index (χ0) is 52.0. The number of carbonyl (C=O) groups excluding carboxylic acids is 8. The Labute approximate surface area is 410 Å². The van der Waals surface area contributed by atoms with Crippen LogP contribution in [0.1, 0.15) is 106 Å². The minimum atomic E-state index is -1.48. The Morgan fingerprint density at radius 2 is 0.696 bits per heavy atom. The van der Waals surface area contributed by atoms with Crippen LogP contribution in [0.25, 0.3) is 0 Å². The molecule has 0 radical (unpaired) electrons. The Balaban J connectivity index is 2.25. The highest BCUT2D eigenvalue weighted by Gasteiger charge is 2.43. The highest BCUT2D eigenvalue weighted by molar-refractivity contribution is 6.32. The van der Waals surface area contributed by atoms with Crippen molar-refractivity contribution in [3.8, 4) is 0 Å². The number of esters is 4. The van der Waals surface area contributed by atoms with Gasteiger partial charge in [-0.1, -0.05) is 115 Å². The molecule has 0 unspecified atom stereocenters. The summed E-state index contributed by atoms with van der Waals surface area (Å²) in [6, 6.07) is 11.2. The molecular formula is C52H77BN4O12. The van der Waals surface area contributed by atoms with Gasteiger partial charge in [-0.15, -0.1) is 0 Å². The van der Waals surface area contributed by atoms with Crippen molar-refractivity contribution in [1.29, 1.82) is 0 Å². The van der Waals surface area contributed by atoms with Gasteiger partial charge < -0.3 is 38.5 Å². The van der Waals surface area contributed by atoms with Gasteiger partial charge in [-0.3, -0.25) is 19.2 Å². The van der Waals surface area contributed by atoms with E-state index in [1.807, 2.05) is 75.4 Å². The zero-order valence-electron chi connectivity index (χ0n) is 43.6. The van der Waals surface area contributed by atoms with Gasteiger partial charge in [0.1, 0.15) is 32.0 Å². The first kappa shape index (κ1) is 57.6. The second-order valence-corrected chi connectivity index (χ2v) is 20.3. The molecule has 0 aromatic heterocycles. The average Bonchev–Trinajstić information content (AvgIpc) is 3.28. The van der Waals surface area contributed by atoms with Crippen molar-refractivity contribution in [2.45, 2.75) is 156 Å². The summed E-state index contributed by atoms with van der Waals surface area (Å²) in [7, 11) is 7.48. The number of nitrogens with zero attached hydrogens (tertiary/aromatic N) is 4. The second kappa shape index (κ2) is 26.3. The quantitative estimate of drug-likeness (QED) is 0.170. The lowest BCUT2D eigenvalue weighted by Gasteiger charge is -2.35. The molecule has 2 aromatic rings. The van der Waals surface area contributed by atoms with E-state index in [4.69, 9.17) is 18.9 Å². The predicted octanol–water partition coefficient (Wildman–Crippen LogP) is 3.92. The van der Waals surface area contributed by atoms with Crippen LogP contribution >= 0.6 is 0 Å². The van der Waals surface area contributed by atoms with Gasteiger partial charge in [0.25, 0.3) is 23.6 Å². The van der Waals surface area contributed by atoms with Crippen LogP contribution < -0.4 is 5.46 Å². The number of cyclic esters (lactones) is 4. The highest BCUT2D eigenvalue weighted by Crippen LogP contribution is 2.24. The SMILES string of the molecule is Bc1ccc(C[C@H]2OC(=O)[C@H](CC(C)C)N(C)C(=O)[C@@H](C)OC(=O)[C@H](CC(C)C)N(C)C(=O)[C@@H](Cc3ccccc3)OC(=O)[C@H](CC(C)C)N(C)C(=O)[C@@H](C)OC(=O)[C@H](CC(C)C)N(C)C2=O)cc1. The molecule has 69 heavy (non-hydrogen) atoms. The molecule has 4 amide bonds. The van der Waals surface area contributed by atoms with Crippen molar-refractivity contribution in [3.05, 3.63) is 65.7 Å². The van der Waals surface area contributed by atoms with E-state index in [0.29, 0.717) is 11.1 Å². The van der Waals surface area contributed by atoms with Crippen molar-refractivity contribution in [2.24, 2.45) is 23.7 Å². The number of hydrogen-bond donors (Lipinski definition) is 0. The van der Waals surface area contributed by atoms with Crippen LogP contribution in [-0.4, -0.2) is 152 Å². The summed E-state index contributed by atoms with van der Waals surface area (Å²) in [5.41, 5.74) is 2.27. The van der Waals surface area contributed by atoms with Crippen molar-refractivity contribution < 1.29 is 57.3 Å². The van der Waals surface area contributed by atoms with E-state index in [2.05, 4.69) is 0 Å². The zero-order valence-corrected chi connectivity index (χ0v) is 43.6. The summed E-state index contributed by atoms with van der Waals surface area (Å²) in [4.78, 5) is 120. The lowest BCUT2D eigenvalue weighted by atomic mass is 9.94. The molecule has 1 fully saturated rings. The van der Waals surface area contributed by atoms with Gasteiger partial charge in [-0.05, 0) is 74.3 Å². The molecule has 1 heterocycles. The molecule has 1 aliphatic heterocycles. The van der Waals surface area contributed by atoms with Crippen molar-refractivity contribution >= 4 is 60.8 Å². The molecule has 1 saturated heterocycles. The molecule has 0 bridgehead atoms. The van der Waals surface area contributed by atoms with Gasteiger partial charge in [0.05, 0.1) is 0 Å². The van der Waals surface area contributed by atoms with Gasteiger partial charge in [-0.25, -0.2) is 19.2 Å².